The van der Waals surface area contributed by atoms with Gasteiger partial charge in [-0.1, -0.05) is 20.3 Å². The van der Waals surface area contributed by atoms with Crippen LogP contribution in [-0.4, -0.2) is 21.5 Å². The summed E-state index contributed by atoms with van der Waals surface area (Å²) in [5.41, 5.74) is 0.239. The Labute approximate surface area is 132 Å². The second kappa shape index (κ2) is 7.22. The third-order valence-electron chi connectivity index (χ3n) is 4.04. The van der Waals surface area contributed by atoms with Gasteiger partial charge in [-0.05, 0) is 43.7 Å². The molecule has 0 saturated heterocycles. The summed E-state index contributed by atoms with van der Waals surface area (Å²) in [6, 6.07) is 1.79. The number of thiophene rings is 1. The highest BCUT2D eigenvalue weighted by molar-refractivity contribution is 7.89. The maximum atomic E-state index is 12.3. The van der Waals surface area contributed by atoms with E-state index in [4.69, 9.17) is 0 Å². The molecule has 0 amide bonds. The smallest absolute Gasteiger partial charge is 0.241 e. The maximum Gasteiger partial charge on any atom is 0.241 e. The minimum absolute atomic E-state index is 0.239. The summed E-state index contributed by atoms with van der Waals surface area (Å²) < 4.78 is 27.5. The highest BCUT2D eigenvalue weighted by atomic mass is 32.2. The molecular weight excluding hydrogens is 304 g/mol. The Hall–Kier alpha value is -0.430. The quantitative estimate of drug-likeness (QED) is 0.648. The van der Waals surface area contributed by atoms with Crippen LogP contribution < -0.4 is 10.0 Å². The molecule has 1 aromatic rings. The normalized spacial score (nSPS) is 17.0. The average molecular weight is 331 g/mol. The predicted octanol–water partition coefficient (Wildman–Crippen LogP) is 3.11. The SMILES string of the molecule is CCCNCc1cc(S(=O)(=O)NCC2(CCC)CC2)cs1. The fourth-order valence-corrected chi connectivity index (χ4v) is 4.94. The van der Waals surface area contributed by atoms with Gasteiger partial charge in [0.15, 0.2) is 0 Å². The molecule has 1 fully saturated rings. The van der Waals surface area contributed by atoms with E-state index in [9.17, 15) is 8.42 Å². The standard InChI is InChI=1S/C15H26N2O2S2/c1-3-5-15(6-7-15)12-17-21(18,19)14-9-13(20-11-14)10-16-8-4-2/h9,11,16-17H,3-8,10,12H2,1-2H3. The summed E-state index contributed by atoms with van der Waals surface area (Å²) in [6.07, 6.45) is 5.62. The minimum Gasteiger partial charge on any atom is -0.312 e. The molecular formula is C15H26N2O2S2. The second-order valence-electron chi connectivity index (χ2n) is 6.00. The highest BCUT2D eigenvalue weighted by Gasteiger charge is 2.42. The lowest BCUT2D eigenvalue weighted by Crippen LogP contribution is -2.30. The van der Waals surface area contributed by atoms with Crippen LogP contribution in [-0.2, 0) is 16.6 Å². The molecule has 4 nitrogen and oxygen atoms in total. The maximum absolute atomic E-state index is 12.3. The van der Waals surface area contributed by atoms with Crippen molar-refractivity contribution < 1.29 is 8.42 Å². The van der Waals surface area contributed by atoms with Crippen molar-refractivity contribution in [2.75, 3.05) is 13.1 Å². The van der Waals surface area contributed by atoms with E-state index in [-0.39, 0.29) is 5.41 Å². The zero-order valence-electron chi connectivity index (χ0n) is 12.9. The van der Waals surface area contributed by atoms with Gasteiger partial charge in [0.05, 0.1) is 4.90 Å². The summed E-state index contributed by atoms with van der Waals surface area (Å²) in [5, 5.41) is 5.04. The van der Waals surface area contributed by atoms with Crippen molar-refractivity contribution in [2.24, 2.45) is 5.41 Å². The van der Waals surface area contributed by atoms with Crippen molar-refractivity contribution in [1.29, 1.82) is 0 Å². The van der Waals surface area contributed by atoms with Crippen molar-refractivity contribution in [3.8, 4) is 0 Å². The van der Waals surface area contributed by atoms with Crippen LogP contribution >= 0.6 is 11.3 Å². The topological polar surface area (TPSA) is 58.2 Å². The summed E-state index contributed by atoms with van der Waals surface area (Å²) in [4.78, 5) is 1.48. The van der Waals surface area contributed by atoms with Crippen LogP contribution in [0.1, 0.15) is 50.8 Å². The number of hydrogen-bond acceptors (Lipinski definition) is 4. The first-order chi connectivity index (χ1) is 10.0. The lowest BCUT2D eigenvalue weighted by Gasteiger charge is -2.14. The lowest BCUT2D eigenvalue weighted by atomic mass is 10.0. The van der Waals surface area contributed by atoms with Crippen molar-refractivity contribution in [2.45, 2.75) is 57.4 Å². The third-order valence-corrected chi connectivity index (χ3v) is 6.51. The molecule has 0 spiro atoms. The van der Waals surface area contributed by atoms with E-state index in [2.05, 4.69) is 23.9 Å². The van der Waals surface area contributed by atoms with Gasteiger partial charge < -0.3 is 5.32 Å². The van der Waals surface area contributed by atoms with Gasteiger partial charge in [0.25, 0.3) is 0 Å². The Bertz CT molecular complexity index is 548. The van der Waals surface area contributed by atoms with Gasteiger partial charge in [-0.25, -0.2) is 13.1 Å². The molecule has 0 atom stereocenters. The highest BCUT2D eigenvalue weighted by Crippen LogP contribution is 2.49. The van der Waals surface area contributed by atoms with Gasteiger partial charge in [-0.3, -0.25) is 0 Å². The second-order valence-corrected chi connectivity index (χ2v) is 8.76. The van der Waals surface area contributed by atoms with Crippen molar-refractivity contribution in [1.82, 2.24) is 10.0 Å². The van der Waals surface area contributed by atoms with Crippen LogP contribution in [0.3, 0.4) is 0 Å². The van der Waals surface area contributed by atoms with Gasteiger partial charge in [0, 0.05) is 23.3 Å². The summed E-state index contributed by atoms with van der Waals surface area (Å²) in [6.45, 7) is 6.56. The molecule has 0 bridgehead atoms. The van der Waals surface area contributed by atoms with Crippen molar-refractivity contribution in [3.63, 3.8) is 0 Å². The zero-order chi connectivity index (χ0) is 15.3. The monoisotopic (exact) mass is 330 g/mol. The largest absolute Gasteiger partial charge is 0.312 e. The Morgan fingerprint density at radius 2 is 2.05 bits per heavy atom. The molecule has 120 valence electrons. The third kappa shape index (κ3) is 4.77. The average Bonchev–Trinajstić information content (AvgIpc) is 3.04. The molecule has 21 heavy (non-hydrogen) atoms. The number of hydrogen-bond donors (Lipinski definition) is 2. The van der Waals surface area contributed by atoms with Crippen LogP contribution in [0, 0.1) is 5.41 Å². The first-order valence-corrected chi connectivity index (χ1v) is 10.2. The van der Waals surface area contributed by atoms with E-state index in [0.29, 0.717) is 11.4 Å². The number of sulfonamides is 1. The van der Waals surface area contributed by atoms with Crippen molar-refractivity contribution >= 4 is 21.4 Å². The van der Waals surface area contributed by atoms with Crippen LogP contribution in [0.5, 0.6) is 0 Å². The molecule has 2 rings (SSSR count). The molecule has 0 unspecified atom stereocenters. The van der Waals surface area contributed by atoms with Gasteiger partial charge >= 0.3 is 0 Å². The minimum atomic E-state index is -3.35. The van der Waals surface area contributed by atoms with Crippen LogP contribution in [0.15, 0.2) is 16.3 Å². The van der Waals surface area contributed by atoms with Gasteiger partial charge in [-0.15, -0.1) is 11.3 Å². The van der Waals surface area contributed by atoms with Gasteiger partial charge in [-0.2, -0.15) is 0 Å². The molecule has 6 heteroatoms. The van der Waals surface area contributed by atoms with Crippen LogP contribution in [0.4, 0.5) is 0 Å². The lowest BCUT2D eigenvalue weighted by molar-refractivity contribution is 0.449. The van der Waals surface area contributed by atoms with E-state index >= 15 is 0 Å². The molecule has 1 aromatic heterocycles. The Morgan fingerprint density at radius 1 is 1.29 bits per heavy atom. The molecule has 1 heterocycles. The first kappa shape index (κ1) is 16.9. The Balaban J connectivity index is 1.90. The molecule has 0 aliphatic heterocycles. The van der Waals surface area contributed by atoms with E-state index in [1.165, 1.54) is 11.3 Å². The Morgan fingerprint density at radius 3 is 2.67 bits per heavy atom. The molecule has 0 aromatic carbocycles. The summed E-state index contributed by atoms with van der Waals surface area (Å²) in [7, 11) is -3.35. The number of nitrogens with one attached hydrogen (secondary N) is 2. The van der Waals surface area contributed by atoms with Crippen molar-refractivity contribution in [3.05, 3.63) is 16.3 Å². The molecule has 2 N–H and O–H groups in total. The van der Waals surface area contributed by atoms with Gasteiger partial charge in [0.1, 0.15) is 0 Å². The molecule has 1 aliphatic carbocycles. The van der Waals surface area contributed by atoms with Crippen LogP contribution in [0.25, 0.3) is 0 Å². The number of rotatable bonds is 10. The summed E-state index contributed by atoms with van der Waals surface area (Å²) >= 11 is 1.50. The van der Waals surface area contributed by atoms with Gasteiger partial charge in [0.2, 0.25) is 10.0 Å². The van der Waals surface area contributed by atoms with E-state index in [0.717, 1.165) is 50.1 Å². The molecule has 0 radical (unpaired) electrons. The Kier molecular flexibility index (Phi) is 5.82. The zero-order valence-corrected chi connectivity index (χ0v) is 14.6. The van der Waals surface area contributed by atoms with E-state index in [1.807, 2.05) is 0 Å². The fourth-order valence-electron chi connectivity index (χ4n) is 2.54. The first-order valence-electron chi connectivity index (χ1n) is 7.79. The summed E-state index contributed by atoms with van der Waals surface area (Å²) in [5.74, 6) is 0. The van der Waals surface area contributed by atoms with E-state index < -0.39 is 10.0 Å². The molecule has 1 saturated carbocycles. The molecule has 1 aliphatic rings. The predicted molar refractivity (Wildman–Crippen MR) is 88.1 cm³/mol. The van der Waals surface area contributed by atoms with Crippen LogP contribution in [0.2, 0.25) is 0 Å². The fraction of sp³-hybridized carbons (Fsp3) is 0.733. The van der Waals surface area contributed by atoms with E-state index in [1.54, 1.807) is 11.4 Å².